The number of hydrogen-bond acceptors (Lipinski definition) is 2. The summed E-state index contributed by atoms with van der Waals surface area (Å²) in [5.41, 5.74) is 12.9. The number of fused-ring (bicyclic) bond motifs is 11. The Kier molecular flexibility index (Phi) is 6.07. The van der Waals surface area contributed by atoms with Crippen LogP contribution in [0.2, 0.25) is 13.1 Å². The van der Waals surface area contributed by atoms with E-state index in [1.165, 1.54) is 54.5 Å². The number of para-hydroxylation sites is 2. The number of nitrogens with zero attached hydrogens (tertiary/aromatic N) is 1. The molecule has 9 aromatic rings. The predicted octanol–water partition coefficient (Wildman–Crippen LogP) is 11.7. The summed E-state index contributed by atoms with van der Waals surface area (Å²) in [7, 11) is -2.23. The van der Waals surface area contributed by atoms with E-state index in [-0.39, 0.29) is 0 Å². The van der Waals surface area contributed by atoms with Gasteiger partial charge in [0.2, 0.25) is 0 Å². The molecule has 2 heterocycles. The second kappa shape index (κ2) is 10.7. The number of furan rings is 1. The quantitative estimate of drug-likeness (QED) is 0.173. The Hall–Kier alpha value is -6.16. The molecule has 0 radical (unpaired) electrons. The molecule has 3 heteroatoms. The summed E-state index contributed by atoms with van der Waals surface area (Å²) in [4.78, 5) is 2.40. The molecule has 246 valence electrons. The molecule has 0 saturated heterocycles. The monoisotopic (exact) mass is 681 g/mol. The third-order valence-corrected chi connectivity index (χ3v) is 15.5. The summed E-state index contributed by atoms with van der Waals surface area (Å²) < 4.78 is 6.42. The van der Waals surface area contributed by atoms with Crippen molar-refractivity contribution in [2.24, 2.45) is 0 Å². The van der Waals surface area contributed by atoms with Crippen molar-refractivity contribution in [3.05, 3.63) is 198 Å². The van der Waals surface area contributed by atoms with E-state index in [4.69, 9.17) is 4.42 Å². The molecule has 0 fully saturated rings. The molecule has 1 aliphatic heterocycles. The van der Waals surface area contributed by atoms with Gasteiger partial charge in [0.15, 0.2) is 0 Å². The van der Waals surface area contributed by atoms with Crippen LogP contribution in [0.1, 0.15) is 22.3 Å². The van der Waals surface area contributed by atoms with Gasteiger partial charge in [-0.3, -0.25) is 0 Å². The van der Waals surface area contributed by atoms with Gasteiger partial charge in [-0.2, -0.15) is 0 Å². The van der Waals surface area contributed by atoms with Crippen LogP contribution in [0.15, 0.2) is 180 Å². The molecule has 1 aromatic heterocycles. The zero-order valence-electron chi connectivity index (χ0n) is 29.1. The fourth-order valence-electron chi connectivity index (χ4n) is 9.69. The molecule has 0 N–H and O–H groups in total. The normalized spacial score (nSPS) is 16.5. The molecule has 1 unspecified atom stereocenters. The van der Waals surface area contributed by atoms with E-state index >= 15 is 0 Å². The predicted molar refractivity (Wildman–Crippen MR) is 220 cm³/mol. The van der Waals surface area contributed by atoms with Crippen LogP contribution in [-0.4, -0.2) is 8.07 Å². The Morgan fingerprint density at radius 1 is 0.442 bits per heavy atom. The van der Waals surface area contributed by atoms with E-state index in [0.29, 0.717) is 0 Å². The molecule has 0 bridgehead atoms. The van der Waals surface area contributed by atoms with Crippen molar-refractivity contribution in [1.82, 2.24) is 0 Å². The lowest BCUT2D eigenvalue weighted by Crippen LogP contribution is -2.63. The van der Waals surface area contributed by atoms with Gasteiger partial charge < -0.3 is 9.32 Å². The summed E-state index contributed by atoms with van der Waals surface area (Å²) in [6.07, 6.45) is 0. The number of hydrogen-bond donors (Lipinski definition) is 0. The van der Waals surface area contributed by atoms with Crippen LogP contribution in [0.4, 0.5) is 17.1 Å². The van der Waals surface area contributed by atoms with Gasteiger partial charge in [0.05, 0.1) is 5.41 Å². The molecule has 2 aliphatic rings. The van der Waals surface area contributed by atoms with Crippen molar-refractivity contribution in [2.75, 3.05) is 4.90 Å². The van der Waals surface area contributed by atoms with Gasteiger partial charge in [-0.15, -0.1) is 0 Å². The van der Waals surface area contributed by atoms with Gasteiger partial charge in [0, 0.05) is 33.9 Å². The summed E-state index contributed by atoms with van der Waals surface area (Å²) in [5.74, 6) is 0. The van der Waals surface area contributed by atoms with Gasteiger partial charge in [0.1, 0.15) is 19.2 Å². The SMILES string of the molecule is C[Si]1(C)c2ccccc2C2(c3ccccc3-c3cccc4cccc2c34)c2ccc(N(c3ccccc3)c3ccc4c(c3)oc3ccccc34)cc21. The molecule has 0 amide bonds. The maximum Gasteiger partial charge on any atom is 0.137 e. The fourth-order valence-corrected chi connectivity index (χ4v) is 12.9. The van der Waals surface area contributed by atoms with Crippen LogP contribution in [0.25, 0.3) is 43.8 Å². The summed E-state index contributed by atoms with van der Waals surface area (Å²) >= 11 is 0. The minimum atomic E-state index is -2.23. The topological polar surface area (TPSA) is 16.4 Å². The van der Waals surface area contributed by atoms with Crippen LogP contribution >= 0.6 is 0 Å². The highest BCUT2D eigenvalue weighted by Crippen LogP contribution is 2.56. The third-order valence-electron chi connectivity index (χ3n) is 11.9. The Morgan fingerprint density at radius 3 is 1.96 bits per heavy atom. The van der Waals surface area contributed by atoms with Crippen LogP contribution in [0.3, 0.4) is 0 Å². The fraction of sp³-hybridized carbons (Fsp3) is 0.0612. The Labute approximate surface area is 304 Å². The summed E-state index contributed by atoms with van der Waals surface area (Å²) in [6.45, 7) is 5.08. The van der Waals surface area contributed by atoms with Crippen LogP contribution in [-0.2, 0) is 5.41 Å². The molecule has 11 rings (SSSR count). The molecule has 8 aromatic carbocycles. The summed E-state index contributed by atoms with van der Waals surface area (Å²) in [5, 5.41) is 7.90. The second-order valence-electron chi connectivity index (χ2n) is 14.9. The van der Waals surface area contributed by atoms with Gasteiger partial charge in [-0.25, -0.2) is 0 Å². The summed E-state index contributed by atoms with van der Waals surface area (Å²) in [6, 6.07) is 65.3. The van der Waals surface area contributed by atoms with Crippen LogP contribution < -0.4 is 15.3 Å². The number of benzene rings is 8. The first-order valence-electron chi connectivity index (χ1n) is 18.2. The van der Waals surface area contributed by atoms with E-state index in [9.17, 15) is 0 Å². The zero-order valence-corrected chi connectivity index (χ0v) is 30.1. The van der Waals surface area contributed by atoms with E-state index in [1.54, 1.807) is 0 Å². The highest BCUT2D eigenvalue weighted by Gasteiger charge is 2.52. The van der Waals surface area contributed by atoms with Gasteiger partial charge in [-0.1, -0.05) is 140 Å². The molecule has 1 atom stereocenters. The molecule has 52 heavy (non-hydrogen) atoms. The molecule has 1 aliphatic carbocycles. The van der Waals surface area contributed by atoms with Gasteiger partial charge in [-0.05, 0) is 97.0 Å². The van der Waals surface area contributed by atoms with Crippen molar-refractivity contribution in [3.8, 4) is 11.1 Å². The smallest absolute Gasteiger partial charge is 0.137 e. The Balaban J connectivity index is 1.22. The zero-order chi connectivity index (χ0) is 34.6. The molecular formula is C49H35NOSi. The lowest BCUT2D eigenvalue weighted by atomic mass is 9.59. The maximum atomic E-state index is 6.42. The van der Waals surface area contributed by atoms with Crippen molar-refractivity contribution in [3.63, 3.8) is 0 Å². The minimum absolute atomic E-state index is 0.456. The van der Waals surface area contributed by atoms with E-state index in [0.717, 1.165) is 39.0 Å². The first kappa shape index (κ1) is 29.6. The van der Waals surface area contributed by atoms with Crippen molar-refractivity contribution < 1.29 is 4.42 Å². The van der Waals surface area contributed by atoms with Crippen molar-refractivity contribution in [1.29, 1.82) is 0 Å². The molecule has 2 nitrogen and oxygen atoms in total. The molecule has 0 saturated carbocycles. The van der Waals surface area contributed by atoms with Crippen molar-refractivity contribution in [2.45, 2.75) is 18.5 Å². The van der Waals surface area contributed by atoms with Crippen LogP contribution in [0.5, 0.6) is 0 Å². The maximum absolute atomic E-state index is 6.42. The van der Waals surface area contributed by atoms with Gasteiger partial charge >= 0.3 is 0 Å². The lowest BCUT2D eigenvalue weighted by molar-refractivity contribution is 0.669. The molecule has 1 spiro atoms. The number of rotatable bonds is 3. The number of anilines is 3. The largest absolute Gasteiger partial charge is 0.456 e. The Morgan fingerprint density at radius 2 is 1.08 bits per heavy atom. The van der Waals surface area contributed by atoms with E-state index in [1.807, 2.05) is 6.07 Å². The lowest BCUT2D eigenvalue weighted by Gasteiger charge is -2.50. The van der Waals surface area contributed by atoms with Crippen LogP contribution in [0, 0.1) is 0 Å². The molecular weight excluding hydrogens is 647 g/mol. The Bertz CT molecular complexity index is 2900. The van der Waals surface area contributed by atoms with E-state index in [2.05, 4.69) is 188 Å². The van der Waals surface area contributed by atoms with E-state index < -0.39 is 13.5 Å². The highest BCUT2D eigenvalue weighted by atomic mass is 28.3. The first-order valence-corrected chi connectivity index (χ1v) is 21.2. The van der Waals surface area contributed by atoms with Gasteiger partial charge in [0.25, 0.3) is 0 Å². The standard InChI is InChI=1S/C49H35NOSi/c1-52(2)46-25-11-9-22-41(46)49(40-21-8-6-18-36(40)39-20-12-14-32-15-13-23-43(49)48(32)39)42-29-27-35(31-47(42)52)50(33-16-4-3-5-17-33)34-26-28-38-37-19-7-10-24-44(37)51-45(38)30-34/h3-31H,1-2H3. The first-order chi connectivity index (χ1) is 25.5. The average Bonchev–Trinajstić information content (AvgIpc) is 3.57. The average molecular weight is 682 g/mol. The third kappa shape index (κ3) is 3.83. The second-order valence-corrected chi connectivity index (χ2v) is 19.2. The minimum Gasteiger partial charge on any atom is -0.456 e. The van der Waals surface area contributed by atoms with Crippen molar-refractivity contribution >= 4 is 68.2 Å². The highest BCUT2D eigenvalue weighted by molar-refractivity contribution is 7.01.